The summed E-state index contributed by atoms with van der Waals surface area (Å²) in [7, 11) is 2.08. The van der Waals surface area contributed by atoms with Crippen LogP contribution in [-0.2, 0) is 32.9 Å². The first kappa shape index (κ1) is 24.8. The quantitative estimate of drug-likeness (QED) is 0.266. The lowest BCUT2D eigenvalue weighted by Crippen LogP contribution is -2.11. The number of ether oxygens (including phenoxy) is 1. The number of benzene rings is 3. The highest BCUT2D eigenvalue weighted by Gasteiger charge is 2.17. The number of aromatic nitrogens is 8. The Hall–Kier alpha value is -4.53. The monoisotopic (exact) mass is 520 g/mol. The summed E-state index contributed by atoms with van der Waals surface area (Å²) in [4.78, 5) is 9.98. The Morgan fingerprint density at radius 2 is 1.77 bits per heavy atom. The van der Waals surface area contributed by atoms with Gasteiger partial charge in [0.2, 0.25) is 0 Å². The van der Waals surface area contributed by atoms with Crippen molar-refractivity contribution in [1.29, 1.82) is 0 Å². The lowest BCUT2D eigenvalue weighted by atomic mass is 10.1. The van der Waals surface area contributed by atoms with Gasteiger partial charge in [-0.25, -0.2) is 9.97 Å². The predicted molar refractivity (Wildman–Crippen MR) is 152 cm³/mol. The van der Waals surface area contributed by atoms with E-state index in [-0.39, 0.29) is 0 Å². The minimum absolute atomic E-state index is 0.556. The van der Waals surface area contributed by atoms with Crippen LogP contribution in [0.15, 0.2) is 60.7 Å². The number of imidazole rings is 2. The summed E-state index contributed by atoms with van der Waals surface area (Å²) in [5.41, 5.74) is 7.76. The molecule has 0 aliphatic rings. The zero-order valence-corrected chi connectivity index (χ0v) is 22.6. The van der Waals surface area contributed by atoms with Crippen molar-refractivity contribution in [2.75, 3.05) is 6.61 Å². The third kappa shape index (κ3) is 4.99. The van der Waals surface area contributed by atoms with E-state index in [1.54, 1.807) is 0 Å². The van der Waals surface area contributed by atoms with Crippen LogP contribution in [0, 0.1) is 6.92 Å². The lowest BCUT2D eigenvalue weighted by molar-refractivity contribution is 0.298. The number of aryl methyl sites for hydroxylation is 5. The van der Waals surface area contributed by atoms with Crippen LogP contribution >= 0.6 is 0 Å². The second-order valence-corrected chi connectivity index (χ2v) is 9.89. The lowest BCUT2D eigenvalue weighted by Gasteiger charge is -2.12. The average Bonchev–Trinajstić information content (AvgIpc) is 3.68. The molecule has 198 valence electrons. The van der Waals surface area contributed by atoms with Crippen LogP contribution in [0.5, 0.6) is 5.75 Å². The van der Waals surface area contributed by atoms with Gasteiger partial charge in [0.15, 0.2) is 5.82 Å². The van der Waals surface area contributed by atoms with Gasteiger partial charge in [-0.15, -0.1) is 10.2 Å². The van der Waals surface area contributed by atoms with Crippen LogP contribution in [0.2, 0.25) is 0 Å². The molecule has 0 spiro atoms. The Balaban J connectivity index is 1.23. The first-order chi connectivity index (χ1) is 19.1. The van der Waals surface area contributed by atoms with Gasteiger partial charge >= 0.3 is 0 Å². The Kier molecular flexibility index (Phi) is 6.79. The molecule has 0 fully saturated rings. The smallest absolute Gasteiger partial charge is 0.174 e. The number of aromatic amines is 1. The van der Waals surface area contributed by atoms with Crippen LogP contribution in [0.25, 0.3) is 33.5 Å². The van der Waals surface area contributed by atoms with Crippen molar-refractivity contribution in [3.8, 4) is 17.1 Å². The zero-order valence-electron chi connectivity index (χ0n) is 22.6. The molecule has 3 heterocycles. The van der Waals surface area contributed by atoms with Gasteiger partial charge in [-0.2, -0.15) is 5.21 Å². The Morgan fingerprint density at radius 3 is 2.54 bits per heavy atom. The number of H-pyrrole nitrogens is 1. The molecule has 39 heavy (non-hydrogen) atoms. The van der Waals surface area contributed by atoms with E-state index in [0.29, 0.717) is 6.61 Å². The minimum Gasteiger partial charge on any atom is -0.492 e. The molecular formula is C30H32N8O. The number of rotatable bonds is 10. The summed E-state index contributed by atoms with van der Waals surface area (Å²) in [5, 5.41) is 14.1. The van der Waals surface area contributed by atoms with Crippen molar-refractivity contribution in [3.63, 3.8) is 0 Å². The molecule has 3 aromatic carbocycles. The molecule has 0 unspecified atom stereocenters. The van der Waals surface area contributed by atoms with Gasteiger partial charge in [0.1, 0.15) is 24.0 Å². The average molecular weight is 521 g/mol. The van der Waals surface area contributed by atoms with Crippen LogP contribution < -0.4 is 4.74 Å². The standard InChI is InChI=1S/C30H32N8O/c1-4-7-28-32-29-20(2)18-22(30-31-24-8-5-6-9-25(24)37(30)3)19-26(29)38(28)16-17-39-23-13-10-21(11-14-23)12-15-27-33-35-36-34-27/h5-6,8-11,13-14,18-19H,4,7,12,15-17H2,1-3H3,(H,33,34,35,36). The molecule has 1 N–H and O–H groups in total. The fraction of sp³-hybridized carbons (Fsp3) is 0.300. The molecule has 6 rings (SSSR count). The first-order valence-electron chi connectivity index (χ1n) is 13.5. The van der Waals surface area contributed by atoms with Crippen molar-refractivity contribution < 1.29 is 4.74 Å². The molecule has 0 bridgehead atoms. The summed E-state index contributed by atoms with van der Waals surface area (Å²) < 4.78 is 10.6. The van der Waals surface area contributed by atoms with E-state index in [0.717, 1.165) is 88.6 Å². The van der Waals surface area contributed by atoms with Gasteiger partial charge in [0.05, 0.1) is 28.6 Å². The van der Waals surface area contributed by atoms with Crippen molar-refractivity contribution >= 4 is 22.1 Å². The highest BCUT2D eigenvalue weighted by Crippen LogP contribution is 2.30. The largest absolute Gasteiger partial charge is 0.492 e. The molecule has 0 saturated carbocycles. The first-order valence-corrected chi connectivity index (χ1v) is 13.5. The summed E-state index contributed by atoms with van der Waals surface area (Å²) in [6, 6.07) is 20.9. The maximum Gasteiger partial charge on any atom is 0.174 e. The SMILES string of the molecule is CCCc1nc2c(C)cc(-c3nc4ccccc4n3C)cc2n1CCOc1ccc(CCc2nn[nH]n2)cc1. The second kappa shape index (κ2) is 10.7. The molecule has 3 aromatic heterocycles. The van der Waals surface area contributed by atoms with Crippen LogP contribution in [0.4, 0.5) is 0 Å². The van der Waals surface area contributed by atoms with Crippen molar-refractivity contribution in [2.24, 2.45) is 7.05 Å². The molecule has 0 radical (unpaired) electrons. The number of fused-ring (bicyclic) bond motifs is 2. The molecule has 9 nitrogen and oxygen atoms in total. The van der Waals surface area contributed by atoms with Gasteiger partial charge in [-0.1, -0.05) is 36.4 Å². The maximum atomic E-state index is 6.17. The van der Waals surface area contributed by atoms with Crippen LogP contribution in [0.1, 0.15) is 36.1 Å². The van der Waals surface area contributed by atoms with Crippen molar-refractivity contribution in [2.45, 2.75) is 46.1 Å². The van der Waals surface area contributed by atoms with Gasteiger partial charge < -0.3 is 13.9 Å². The van der Waals surface area contributed by atoms with E-state index in [4.69, 9.17) is 14.7 Å². The summed E-state index contributed by atoms with van der Waals surface area (Å²) in [6.45, 7) is 5.60. The van der Waals surface area contributed by atoms with E-state index in [2.05, 4.69) is 93.1 Å². The third-order valence-corrected chi connectivity index (χ3v) is 7.18. The number of nitrogens with one attached hydrogen (secondary N) is 1. The van der Waals surface area contributed by atoms with E-state index in [1.807, 2.05) is 18.2 Å². The van der Waals surface area contributed by atoms with E-state index in [1.165, 1.54) is 5.56 Å². The molecule has 0 atom stereocenters. The van der Waals surface area contributed by atoms with Gasteiger partial charge in [0, 0.05) is 25.5 Å². The molecular weight excluding hydrogens is 488 g/mol. The fourth-order valence-corrected chi connectivity index (χ4v) is 5.19. The predicted octanol–water partition coefficient (Wildman–Crippen LogP) is 5.23. The van der Waals surface area contributed by atoms with Crippen molar-refractivity contribution in [1.82, 2.24) is 39.7 Å². The fourth-order valence-electron chi connectivity index (χ4n) is 5.19. The highest BCUT2D eigenvalue weighted by atomic mass is 16.5. The van der Waals surface area contributed by atoms with E-state index < -0.39 is 0 Å². The zero-order chi connectivity index (χ0) is 26.8. The molecule has 0 aliphatic heterocycles. The Labute approximate surface area is 226 Å². The van der Waals surface area contributed by atoms with E-state index >= 15 is 0 Å². The Morgan fingerprint density at radius 1 is 0.923 bits per heavy atom. The number of hydrogen-bond donors (Lipinski definition) is 1. The normalized spacial score (nSPS) is 11.6. The number of tetrazole rings is 1. The van der Waals surface area contributed by atoms with Gasteiger partial charge in [0.25, 0.3) is 0 Å². The molecule has 0 amide bonds. The molecule has 0 saturated heterocycles. The highest BCUT2D eigenvalue weighted by molar-refractivity contribution is 5.87. The summed E-state index contributed by atoms with van der Waals surface area (Å²) in [6.07, 6.45) is 3.56. The van der Waals surface area contributed by atoms with Crippen LogP contribution in [0.3, 0.4) is 0 Å². The minimum atomic E-state index is 0.556. The summed E-state index contributed by atoms with van der Waals surface area (Å²) >= 11 is 0. The third-order valence-electron chi connectivity index (χ3n) is 7.18. The van der Waals surface area contributed by atoms with E-state index in [9.17, 15) is 0 Å². The maximum absolute atomic E-state index is 6.17. The number of hydrogen-bond acceptors (Lipinski definition) is 6. The summed E-state index contributed by atoms with van der Waals surface area (Å²) in [5.74, 6) is 3.64. The molecule has 0 aliphatic carbocycles. The number of nitrogens with zero attached hydrogens (tertiary/aromatic N) is 7. The van der Waals surface area contributed by atoms with Crippen molar-refractivity contribution in [3.05, 3.63) is 83.4 Å². The van der Waals surface area contributed by atoms with Crippen LogP contribution in [-0.4, -0.2) is 46.3 Å². The Bertz CT molecular complexity index is 1710. The molecule has 6 aromatic rings. The second-order valence-electron chi connectivity index (χ2n) is 9.89. The van der Waals surface area contributed by atoms with Gasteiger partial charge in [-0.3, -0.25) is 0 Å². The van der Waals surface area contributed by atoms with Gasteiger partial charge in [-0.05, 0) is 67.3 Å². The topological polar surface area (TPSA) is 99.3 Å². The number of para-hydroxylation sites is 2. The molecule has 9 heteroatoms.